The van der Waals surface area contributed by atoms with Crippen molar-refractivity contribution >= 4 is 44.3 Å². The number of alkyl halides is 2. The highest BCUT2D eigenvalue weighted by Crippen LogP contribution is 2.21. The van der Waals surface area contributed by atoms with E-state index in [2.05, 4.69) is 41.8 Å². The number of phenolic OH excluding ortho intramolecular Hbond substituents is 1. The summed E-state index contributed by atoms with van der Waals surface area (Å²) in [6.45, 7) is 3.38. The van der Waals surface area contributed by atoms with Crippen molar-refractivity contribution in [2.75, 3.05) is 23.7 Å². The Hall–Kier alpha value is -0.680. The van der Waals surface area contributed by atoms with E-state index in [4.69, 9.17) is 0 Å². The predicted octanol–water partition coefficient (Wildman–Crippen LogP) is 3.33. The van der Waals surface area contributed by atoms with Crippen LogP contribution in [0.25, 0.3) is 0 Å². The van der Waals surface area contributed by atoms with E-state index in [0.29, 0.717) is 13.1 Å². The van der Waals surface area contributed by atoms with Gasteiger partial charge in [0.2, 0.25) is 0 Å². The highest BCUT2D eigenvalue weighted by molar-refractivity contribution is 9.09. The zero-order valence-corrected chi connectivity index (χ0v) is 13.4. The van der Waals surface area contributed by atoms with Gasteiger partial charge in [-0.3, -0.25) is 9.98 Å². The number of aryl methyl sites for hydroxylation is 1. The van der Waals surface area contributed by atoms with Gasteiger partial charge < -0.3 is 5.11 Å². The molecule has 5 heteroatoms. The average Bonchev–Trinajstić information content (AvgIpc) is 2.35. The second-order valence-corrected chi connectivity index (χ2v) is 5.33. The van der Waals surface area contributed by atoms with Crippen LogP contribution >= 0.6 is 31.9 Å². The van der Waals surface area contributed by atoms with Gasteiger partial charge in [0.15, 0.2) is 0 Å². The van der Waals surface area contributed by atoms with Gasteiger partial charge in [0.25, 0.3) is 0 Å². The lowest BCUT2D eigenvalue weighted by Gasteiger charge is -2.05. The third kappa shape index (κ3) is 4.90. The summed E-state index contributed by atoms with van der Waals surface area (Å²) in [4.78, 5) is 8.43. The van der Waals surface area contributed by atoms with Gasteiger partial charge in [0.05, 0.1) is 0 Å². The van der Waals surface area contributed by atoms with E-state index < -0.39 is 0 Å². The molecular formula is C13H16Br2N2O. The monoisotopic (exact) mass is 374 g/mol. The van der Waals surface area contributed by atoms with Crippen LogP contribution in [0.5, 0.6) is 5.75 Å². The van der Waals surface area contributed by atoms with E-state index in [1.54, 1.807) is 12.4 Å². The first-order valence-corrected chi connectivity index (χ1v) is 7.88. The first kappa shape index (κ1) is 15.4. The molecule has 0 spiro atoms. The number of phenols is 1. The van der Waals surface area contributed by atoms with Crippen molar-refractivity contribution in [2.45, 2.75) is 6.92 Å². The van der Waals surface area contributed by atoms with Gasteiger partial charge in [-0.05, 0) is 24.6 Å². The van der Waals surface area contributed by atoms with Crippen LogP contribution in [0.15, 0.2) is 22.1 Å². The lowest BCUT2D eigenvalue weighted by atomic mass is 10.1. The Balaban J connectivity index is 2.98. The maximum Gasteiger partial charge on any atom is 0.133 e. The molecule has 3 nitrogen and oxygen atoms in total. The highest BCUT2D eigenvalue weighted by atomic mass is 79.9. The molecule has 0 heterocycles. The molecule has 0 saturated heterocycles. The molecular weight excluding hydrogens is 360 g/mol. The number of halogens is 2. The zero-order valence-electron chi connectivity index (χ0n) is 10.2. The summed E-state index contributed by atoms with van der Waals surface area (Å²) in [5.41, 5.74) is 2.54. The van der Waals surface area contributed by atoms with Crippen LogP contribution in [0.4, 0.5) is 0 Å². The van der Waals surface area contributed by atoms with Crippen molar-refractivity contribution in [3.05, 3.63) is 28.8 Å². The van der Waals surface area contributed by atoms with Crippen molar-refractivity contribution in [3.8, 4) is 5.75 Å². The van der Waals surface area contributed by atoms with Crippen molar-refractivity contribution < 1.29 is 5.11 Å². The SMILES string of the molecule is Cc1cc(C=NCCBr)c(O)c(C=NCCBr)c1. The lowest BCUT2D eigenvalue weighted by molar-refractivity contribution is 0.473. The molecule has 0 aliphatic heterocycles. The maximum absolute atomic E-state index is 10.1. The Morgan fingerprint density at radius 2 is 1.50 bits per heavy atom. The summed E-state index contributed by atoms with van der Waals surface area (Å²) in [7, 11) is 0. The summed E-state index contributed by atoms with van der Waals surface area (Å²) in [6, 6.07) is 3.82. The van der Waals surface area contributed by atoms with Gasteiger partial charge in [-0.1, -0.05) is 31.9 Å². The van der Waals surface area contributed by atoms with Crippen molar-refractivity contribution in [3.63, 3.8) is 0 Å². The molecule has 1 aromatic rings. The second-order valence-electron chi connectivity index (χ2n) is 3.74. The number of aromatic hydroxyl groups is 1. The van der Waals surface area contributed by atoms with Crippen LogP contribution in [0.2, 0.25) is 0 Å². The summed E-state index contributed by atoms with van der Waals surface area (Å²) < 4.78 is 0. The summed E-state index contributed by atoms with van der Waals surface area (Å²) in [5, 5.41) is 11.7. The van der Waals surface area contributed by atoms with Gasteiger partial charge in [0, 0.05) is 47.3 Å². The Morgan fingerprint density at radius 1 is 1.06 bits per heavy atom. The van der Waals surface area contributed by atoms with Crippen LogP contribution in [-0.2, 0) is 0 Å². The average molecular weight is 376 g/mol. The minimum absolute atomic E-state index is 0.234. The normalized spacial score (nSPS) is 11.7. The molecule has 0 aliphatic carbocycles. The quantitative estimate of drug-likeness (QED) is 0.601. The van der Waals surface area contributed by atoms with Crippen molar-refractivity contribution in [1.29, 1.82) is 0 Å². The molecule has 1 aromatic carbocycles. The largest absolute Gasteiger partial charge is 0.507 e. The smallest absolute Gasteiger partial charge is 0.133 e. The standard InChI is InChI=1S/C13H16Br2N2O/c1-10-6-11(8-16-4-2-14)13(18)12(7-10)9-17-5-3-15/h6-9,18H,2-5H2,1H3. The Labute approximate surface area is 124 Å². The number of benzene rings is 1. The maximum atomic E-state index is 10.1. The second kappa shape index (κ2) is 8.43. The molecule has 0 bridgehead atoms. The first-order valence-electron chi connectivity index (χ1n) is 5.64. The van der Waals surface area contributed by atoms with Gasteiger partial charge in [-0.25, -0.2) is 0 Å². The molecule has 0 saturated carbocycles. The van der Waals surface area contributed by atoms with Gasteiger partial charge in [-0.2, -0.15) is 0 Å². The zero-order chi connectivity index (χ0) is 13.4. The first-order chi connectivity index (χ1) is 8.69. The summed E-state index contributed by atoms with van der Waals surface area (Å²) >= 11 is 6.62. The molecule has 0 fully saturated rings. The Bertz CT molecular complexity index is 408. The molecule has 0 aliphatic rings. The van der Waals surface area contributed by atoms with Gasteiger partial charge in [0.1, 0.15) is 5.75 Å². The number of nitrogens with zero attached hydrogens (tertiary/aromatic N) is 2. The molecule has 1 rings (SSSR count). The molecule has 0 aromatic heterocycles. The van der Waals surface area contributed by atoms with Crippen LogP contribution in [0.1, 0.15) is 16.7 Å². The molecule has 0 unspecified atom stereocenters. The van der Waals surface area contributed by atoms with Crippen LogP contribution in [0.3, 0.4) is 0 Å². The van der Waals surface area contributed by atoms with Crippen molar-refractivity contribution in [1.82, 2.24) is 0 Å². The number of hydrogen-bond acceptors (Lipinski definition) is 3. The van der Waals surface area contributed by atoms with E-state index in [1.165, 1.54) is 0 Å². The van der Waals surface area contributed by atoms with Gasteiger partial charge >= 0.3 is 0 Å². The minimum atomic E-state index is 0.234. The summed E-state index contributed by atoms with van der Waals surface area (Å²) in [5.74, 6) is 0.234. The van der Waals surface area contributed by atoms with E-state index in [9.17, 15) is 5.11 Å². The summed E-state index contributed by atoms with van der Waals surface area (Å²) in [6.07, 6.45) is 3.40. The molecule has 0 radical (unpaired) electrons. The van der Waals surface area contributed by atoms with E-state index in [1.807, 2.05) is 19.1 Å². The molecule has 98 valence electrons. The fraction of sp³-hybridized carbons (Fsp3) is 0.385. The Morgan fingerprint density at radius 3 is 1.89 bits per heavy atom. The Kier molecular flexibility index (Phi) is 7.20. The fourth-order valence-corrected chi connectivity index (χ4v) is 1.87. The molecule has 18 heavy (non-hydrogen) atoms. The van der Waals surface area contributed by atoms with E-state index in [-0.39, 0.29) is 5.75 Å². The minimum Gasteiger partial charge on any atom is -0.507 e. The number of hydrogen-bond donors (Lipinski definition) is 1. The third-order valence-corrected chi connectivity index (χ3v) is 2.91. The van der Waals surface area contributed by atoms with Gasteiger partial charge in [-0.15, -0.1) is 0 Å². The lowest BCUT2D eigenvalue weighted by Crippen LogP contribution is -1.93. The third-order valence-electron chi connectivity index (χ3n) is 2.20. The van der Waals surface area contributed by atoms with Crippen LogP contribution in [0, 0.1) is 6.92 Å². The van der Waals surface area contributed by atoms with E-state index >= 15 is 0 Å². The van der Waals surface area contributed by atoms with Crippen molar-refractivity contribution in [2.24, 2.45) is 9.98 Å². The molecule has 0 atom stereocenters. The van der Waals surface area contributed by atoms with Crippen LogP contribution in [-0.4, -0.2) is 41.3 Å². The fourth-order valence-electron chi connectivity index (χ4n) is 1.46. The van der Waals surface area contributed by atoms with Crippen LogP contribution < -0.4 is 0 Å². The number of rotatable bonds is 6. The van der Waals surface area contributed by atoms with E-state index in [0.717, 1.165) is 27.4 Å². The molecule has 0 amide bonds. The topological polar surface area (TPSA) is 45.0 Å². The molecule has 1 N–H and O–H groups in total. The predicted molar refractivity (Wildman–Crippen MR) is 85.4 cm³/mol. The highest BCUT2D eigenvalue weighted by Gasteiger charge is 2.05. The number of aliphatic imine (C=N–C) groups is 2.